The van der Waals surface area contributed by atoms with Crippen molar-refractivity contribution in [2.75, 3.05) is 11.9 Å². The van der Waals surface area contributed by atoms with Gasteiger partial charge in [-0.2, -0.15) is 0 Å². The highest BCUT2D eigenvalue weighted by Gasteiger charge is 2.40. The molecule has 28 heavy (non-hydrogen) atoms. The second kappa shape index (κ2) is 7.63. The third-order valence-corrected chi connectivity index (χ3v) is 5.38. The van der Waals surface area contributed by atoms with Crippen LogP contribution in [0.25, 0.3) is 0 Å². The number of halogens is 1. The number of nitrogens with zero attached hydrogens (tertiary/aromatic N) is 5. The summed E-state index contributed by atoms with van der Waals surface area (Å²) in [7, 11) is 1.58. The number of hydrogen-bond acceptors (Lipinski definition) is 8. The zero-order chi connectivity index (χ0) is 19.7. The topological polar surface area (TPSA) is 94.8 Å². The molecule has 1 aliphatic carbocycles. The van der Waals surface area contributed by atoms with E-state index in [0.29, 0.717) is 30.6 Å². The number of rotatable bonds is 7. The van der Waals surface area contributed by atoms with Crippen molar-refractivity contribution in [1.29, 1.82) is 0 Å². The van der Waals surface area contributed by atoms with Gasteiger partial charge in [0, 0.05) is 30.6 Å². The number of aromatic nitrogens is 5. The Morgan fingerprint density at radius 2 is 2.25 bits per heavy atom. The molecule has 146 valence electrons. The minimum absolute atomic E-state index is 0.242. The maximum Gasteiger partial charge on any atom is 0.290 e. The van der Waals surface area contributed by atoms with Gasteiger partial charge < -0.3 is 10.1 Å². The summed E-state index contributed by atoms with van der Waals surface area (Å²) in [4.78, 5) is 16.4. The van der Waals surface area contributed by atoms with Crippen LogP contribution in [-0.4, -0.2) is 31.6 Å². The van der Waals surface area contributed by atoms with Gasteiger partial charge in [0.1, 0.15) is 21.5 Å². The lowest BCUT2D eigenvalue weighted by Gasteiger charge is -2.10. The molecule has 1 fully saturated rings. The number of hydrogen-bond donors (Lipinski definition) is 1. The third kappa shape index (κ3) is 4.16. The molecule has 4 rings (SSSR count). The Labute approximate surface area is 164 Å². The van der Waals surface area contributed by atoms with Crippen LogP contribution in [0.5, 0.6) is 5.88 Å². The molecule has 8 nitrogen and oxygen atoms in total. The summed E-state index contributed by atoms with van der Waals surface area (Å²) in [6.45, 7) is 2.75. The molecule has 2 atom stereocenters. The van der Waals surface area contributed by atoms with Gasteiger partial charge in [0.15, 0.2) is 0 Å². The molecule has 1 saturated carbocycles. The first kappa shape index (κ1) is 18.5. The Morgan fingerprint density at radius 1 is 1.39 bits per heavy atom. The molecular formula is C18H19FN6O2S. The van der Waals surface area contributed by atoms with E-state index in [2.05, 4.69) is 25.6 Å². The summed E-state index contributed by atoms with van der Waals surface area (Å²) in [5.74, 6) is 0.607. The van der Waals surface area contributed by atoms with Crippen molar-refractivity contribution in [2.24, 2.45) is 13.0 Å². The van der Waals surface area contributed by atoms with Gasteiger partial charge in [-0.1, -0.05) is 11.3 Å². The van der Waals surface area contributed by atoms with E-state index in [9.17, 15) is 9.18 Å². The van der Waals surface area contributed by atoms with Gasteiger partial charge in [-0.15, -0.1) is 15.3 Å². The van der Waals surface area contributed by atoms with Crippen LogP contribution < -0.4 is 15.6 Å². The summed E-state index contributed by atoms with van der Waals surface area (Å²) in [6, 6.07) is 4.73. The van der Waals surface area contributed by atoms with Gasteiger partial charge in [0.2, 0.25) is 5.88 Å². The maximum absolute atomic E-state index is 13.0. The summed E-state index contributed by atoms with van der Waals surface area (Å²) < 4.78 is 20.0. The summed E-state index contributed by atoms with van der Waals surface area (Å²) in [6.07, 6.45) is 2.17. The molecule has 1 N–H and O–H groups in total. The van der Waals surface area contributed by atoms with Crippen LogP contribution in [0.2, 0.25) is 0 Å². The highest BCUT2D eigenvalue weighted by molar-refractivity contribution is 7.11. The molecule has 0 aliphatic heterocycles. The Bertz CT molecular complexity index is 1040. The van der Waals surface area contributed by atoms with Crippen LogP contribution in [0.1, 0.15) is 28.0 Å². The van der Waals surface area contributed by atoms with E-state index in [4.69, 9.17) is 4.74 Å². The van der Waals surface area contributed by atoms with Crippen LogP contribution in [0.4, 0.5) is 10.1 Å². The molecule has 0 spiro atoms. The van der Waals surface area contributed by atoms with Crippen molar-refractivity contribution >= 4 is 17.0 Å². The Kier molecular flexibility index (Phi) is 5.03. The smallest absolute Gasteiger partial charge is 0.290 e. The Morgan fingerprint density at radius 3 is 2.96 bits per heavy atom. The van der Waals surface area contributed by atoms with Crippen molar-refractivity contribution in [3.8, 4) is 5.88 Å². The molecule has 3 heterocycles. The fourth-order valence-electron chi connectivity index (χ4n) is 2.95. The second-order valence-electron chi connectivity index (χ2n) is 6.71. The molecular weight excluding hydrogens is 383 g/mol. The Hall–Kier alpha value is -2.88. The summed E-state index contributed by atoms with van der Waals surface area (Å²) in [5.41, 5.74) is 1.03. The van der Waals surface area contributed by atoms with E-state index >= 15 is 0 Å². The molecule has 0 amide bonds. The van der Waals surface area contributed by atoms with E-state index in [1.807, 2.05) is 6.92 Å². The standard InChI is InChI=1S/C18H19FN6O2S/c1-10-22-23-17(28-10)8-21-15-6-16(24-25(2)18(15)26)27-9-11-5-13(11)14-4-3-12(19)7-20-14/h3-4,6-7,11,13,21H,5,8-9H2,1-2H3/t11?,13-/m1/s1. The Balaban J connectivity index is 1.37. The average molecular weight is 402 g/mol. The molecule has 0 saturated heterocycles. The summed E-state index contributed by atoms with van der Waals surface area (Å²) >= 11 is 1.47. The third-order valence-electron chi connectivity index (χ3n) is 4.54. The molecule has 3 aromatic heterocycles. The fraction of sp³-hybridized carbons (Fsp3) is 0.389. The monoisotopic (exact) mass is 402 g/mol. The first-order chi connectivity index (χ1) is 13.5. The summed E-state index contributed by atoms with van der Waals surface area (Å²) in [5, 5.41) is 16.9. The van der Waals surface area contributed by atoms with Gasteiger partial charge in [0.25, 0.3) is 5.56 Å². The van der Waals surface area contributed by atoms with Gasteiger partial charge >= 0.3 is 0 Å². The van der Waals surface area contributed by atoms with Crippen LogP contribution in [0, 0.1) is 18.7 Å². The first-order valence-electron chi connectivity index (χ1n) is 8.85. The normalized spacial score (nSPS) is 18.1. The van der Waals surface area contributed by atoms with Crippen LogP contribution in [-0.2, 0) is 13.6 Å². The highest BCUT2D eigenvalue weighted by atomic mass is 32.1. The lowest BCUT2D eigenvalue weighted by atomic mass is 10.2. The maximum atomic E-state index is 13.0. The van der Waals surface area contributed by atoms with Crippen LogP contribution in [0.3, 0.4) is 0 Å². The predicted octanol–water partition coefficient (Wildman–Crippen LogP) is 2.27. The van der Waals surface area contributed by atoms with Crippen molar-refractivity contribution in [1.82, 2.24) is 25.0 Å². The minimum atomic E-state index is -0.338. The zero-order valence-corrected chi connectivity index (χ0v) is 16.2. The van der Waals surface area contributed by atoms with Gasteiger partial charge in [-0.05, 0) is 25.5 Å². The number of nitrogens with one attached hydrogen (secondary N) is 1. The van der Waals surface area contributed by atoms with E-state index < -0.39 is 0 Å². The molecule has 3 aromatic rings. The minimum Gasteiger partial charge on any atom is -0.476 e. The van der Waals surface area contributed by atoms with E-state index in [1.54, 1.807) is 19.2 Å². The van der Waals surface area contributed by atoms with E-state index in [1.165, 1.54) is 28.3 Å². The van der Waals surface area contributed by atoms with Crippen molar-refractivity contribution in [2.45, 2.75) is 25.8 Å². The van der Waals surface area contributed by atoms with Crippen molar-refractivity contribution < 1.29 is 9.13 Å². The predicted molar refractivity (Wildman–Crippen MR) is 102 cm³/mol. The first-order valence-corrected chi connectivity index (χ1v) is 9.66. The molecule has 1 unspecified atom stereocenters. The SMILES string of the molecule is Cc1nnc(CNc2cc(OCC3C[C@H]3c3ccc(F)cn3)nn(C)c2=O)s1. The van der Waals surface area contributed by atoms with Gasteiger partial charge in [-0.3, -0.25) is 9.78 Å². The van der Waals surface area contributed by atoms with Crippen molar-refractivity contribution in [3.63, 3.8) is 0 Å². The van der Waals surface area contributed by atoms with Gasteiger partial charge in [-0.25, -0.2) is 9.07 Å². The molecule has 0 bridgehead atoms. The molecule has 1 aliphatic rings. The van der Waals surface area contributed by atoms with E-state index in [-0.39, 0.29) is 17.3 Å². The fourth-order valence-corrected chi connectivity index (χ4v) is 3.60. The second-order valence-corrected chi connectivity index (χ2v) is 7.97. The average Bonchev–Trinajstić information content (AvgIpc) is 3.34. The quantitative estimate of drug-likeness (QED) is 0.648. The van der Waals surface area contributed by atoms with Crippen molar-refractivity contribution in [3.05, 3.63) is 56.3 Å². The number of ether oxygens (including phenoxy) is 1. The largest absolute Gasteiger partial charge is 0.476 e. The van der Waals surface area contributed by atoms with Crippen LogP contribution in [0.15, 0.2) is 29.2 Å². The molecule has 0 radical (unpaired) electrons. The number of anilines is 1. The molecule has 10 heteroatoms. The van der Waals surface area contributed by atoms with E-state index in [0.717, 1.165) is 22.1 Å². The lowest BCUT2D eigenvalue weighted by molar-refractivity contribution is 0.278. The lowest BCUT2D eigenvalue weighted by Crippen LogP contribution is -2.24. The molecule has 0 aromatic carbocycles. The van der Waals surface area contributed by atoms with Crippen LogP contribution >= 0.6 is 11.3 Å². The zero-order valence-electron chi connectivity index (χ0n) is 15.4. The number of aryl methyl sites for hydroxylation is 2. The van der Waals surface area contributed by atoms with Gasteiger partial charge in [0.05, 0.1) is 19.3 Å². The highest BCUT2D eigenvalue weighted by Crippen LogP contribution is 2.46. The number of pyridine rings is 1.